The maximum atomic E-state index is 12.2. The number of hydrazone groups is 1. The second-order valence-corrected chi connectivity index (χ2v) is 6.48. The monoisotopic (exact) mass is 320 g/mol. The number of hydrogen-bond acceptors (Lipinski definition) is 2. The third-order valence-corrected chi connectivity index (χ3v) is 4.60. The Bertz CT molecular complexity index is 719. The van der Waals surface area contributed by atoms with E-state index in [0.29, 0.717) is 5.92 Å². The number of nitrogens with one attached hydrogen (secondary N) is 1. The molecular weight excluding hydrogens is 296 g/mol. The van der Waals surface area contributed by atoms with Gasteiger partial charge in [0.15, 0.2) is 0 Å². The van der Waals surface area contributed by atoms with Crippen molar-refractivity contribution in [1.82, 2.24) is 5.43 Å². The van der Waals surface area contributed by atoms with E-state index in [-0.39, 0.29) is 11.8 Å². The molecular formula is C21H24N2O. The minimum Gasteiger partial charge on any atom is -0.273 e. The number of hydrogen-bond donors (Lipinski definition) is 1. The zero-order valence-corrected chi connectivity index (χ0v) is 14.3. The van der Waals surface area contributed by atoms with E-state index in [2.05, 4.69) is 53.8 Å². The van der Waals surface area contributed by atoms with E-state index >= 15 is 0 Å². The molecule has 3 rings (SSSR count). The van der Waals surface area contributed by atoms with Gasteiger partial charge in [0.05, 0.1) is 5.71 Å². The lowest BCUT2D eigenvalue weighted by Gasteiger charge is -2.05. The first-order chi connectivity index (χ1) is 11.7. The molecule has 1 amide bonds. The Kier molecular flexibility index (Phi) is 5.09. The lowest BCUT2D eigenvalue weighted by Crippen LogP contribution is -2.21. The van der Waals surface area contributed by atoms with Crippen LogP contribution in [0.2, 0.25) is 0 Å². The number of benzene rings is 2. The summed E-state index contributed by atoms with van der Waals surface area (Å²) in [6.07, 6.45) is 3.15. The van der Waals surface area contributed by atoms with Crippen LogP contribution in [0.4, 0.5) is 0 Å². The van der Waals surface area contributed by atoms with Crippen molar-refractivity contribution in [3.63, 3.8) is 0 Å². The van der Waals surface area contributed by atoms with Gasteiger partial charge >= 0.3 is 0 Å². The van der Waals surface area contributed by atoms with Gasteiger partial charge in [-0.05, 0) is 42.4 Å². The molecule has 0 spiro atoms. The van der Waals surface area contributed by atoms with Crippen LogP contribution in [0.5, 0.6) is 0 Å². The Morgan fingerprint density at radius 3 is 2.50 bits per heavy atom. The summed E-state index contributed by atoms with van der Waals surface area (Å²) in [6, 6.07) is 18.6. The summed E-state index contributed by atoms with van der Waals surface area (Å²) in [5, 5.41) is 4.28. The summed E-state index contributed by atoms with van der Waals surface area (Å²) in [5.41, 5.74) is 7.19. The predicted molar refractivity (Wildman–Crippen MR) is 98.1 cm³/mol. The highest BCUT2D eigenvalue weighted by Gasteiger charge is 2.43. The Morgan fingerprint density at radius 2 is 1.83 bits per heavy atom. The van der Waals surface area contributed by atoms with Crippen LogP contribution in [-0.2, 0) is 11.2 Å². The Morgan fingerprint density at radius 1 is 1.12 bits per heavy atom. The van der Waals surface area contributed by atoms with Gasteiger partial charge in [-0.1, -0.05) is 67.9 Å². The SMILES string of the molecule is CCCc1ccc(/C(C)=N\NC(=O)[C@@H]2C[C@H]2c2ccccc2)cc1. The molecule has 0 aliphatic heterocycles. The van der Waals surface area contributed by atoms with Crippen molar-refractivity contribution in [3.8, 4) is 0 Å². The van der Waals surface area contributed by atoms with Gasteiger partial charge in [-0.25, -0.2) is 5.43 Å². The second-order valence-electron chi connectivity index (χ2n) is 6.48. The average Bonchev–Trinajstić information content (AvgIpc) is 3.42. The first kappa shape index (κ1) is 16.4. The molecule has 0 unspecified atom stereocenters. The number of nitrogens with zero attached hydrogens (tertiary/aromatic N) is 1. The number of carbonyl (C=O) groups excluding carboxylic acids is 1. The van der Waals surface area contributed by atoms with Crippen molar-refractivity contribution >= 4 is 11.6 Å². The molecule has 3 heteroatoms. The van der Waals surface area contributed by atoms with Gasteiger partial charge in [-0.15, -0.1) is 0 Å². The maximum absolute atomic E-state index is 12.2. The van der Waals surface area contributed by atoms with Gasteiger partial charge in [-0.3, -0.25) is 4.79 Å². The highest BCUT2D eigenvalue weighted by molar-refractivity contribution is 5.99. The highest BCUT2D eigenvalue weighted by atomic mass is 16.2. The highest BCUT2D eigenvalue weighted by Crippen LogP contribution is 2.47. The fraction of sp³-hybridized carbons (Fsp3) is 0.333. The van der Waals surface area contributed by atoms with Crippen molar-refractivity contribution < 1.29 is 4.79 Å². The minimum atomic E-state index is 0.0193. The van der Waals surface area contributed by atoms with Gasteiger partial charge in [-0.2, -0.15) is 5.10 Å². The fourth-order valence-electron chi connectivity index (χ4n) is 3.04. The first-order valence-electron chi connectivity index (χ1n) is 8.67. The third-order valence-electron chi connectivity index (χ3n) is 4.60. The number of aryl methyl sites for hydroxylation is 1. The van der Waals surface area contributed by atoms with Crippen LogP contribution in [0.1, 0.15) is 49.3 Å². The number of amides is 1. The lowest BCUT2D eigenvalue weighted by molar-refractivity contribution is -0.122. The molecule has 1 aliphatic carbocycles. The third kappa shape index (κ3) is 3.91. The standard InChI is InChI=1S/C21H24N2O/c1-3-7-16-10-12-17(13-11-16)15(2)22-23-21(24)20-14-19(20)18-8-5-4-6-9-18/h4-6,8-13,19-20H,3,7,14H2,1-2H3,(H,23,24)/b22-15-/t19-,20+/m0/s1. The van der Waals surface area contributed by atoms with Crippen LogP contribution in [0.15, 0.2) is 59.7 Å². The van der Waals surface area contributed by atoms with E-state index in [0.717, 1.165) is 30.5 Å². The summed E-state index contributed by atoms with van der Waals surface area (Å²) >= 11 is 0. The molecule has 2 aromatic carbocycles. The summed E-state index contributed by atoms with van der Waals surface area (Å²) in [6.45, 7) is 4.10. The van der Waals surface area contributed by atoms with Crippen LogP contribution in [0.25, 0.3) is 0 Å². The zero-order valence-electron chi connectivity index (χ0n) is 14.3. The van der Waals surface area contributed by atoms with Gasteiger partial charge in [0.25, 0.3) is 0 Å². The molecule has 0 saturated heterocycles. The van der Waals surface area contributed by atoms with Crippen LogP contribution in [0.3, 0.4) is 0 Å². The quantitative estimate of drug-likeness (QED) is 0.626. The molecule has 1 aliphatic rings. The van der Waals surface area contributed by atoms with E-state index in [4.69, 9.17) is 0 Å². The predicted octanol–water partition coefficient (Wildman–Crippen LogP) is 4.28. The molecule has 2 aromatic rings. The molecule has 0 radical (unpaired) electrons. The van der Waals surface area contributed by atoms with E-state index in [1.54, 1.807) is 0 Å². The molecule has 24 heavy (non-hydrogen) atoms. The molecule has 2 atom stereocenters. The normalized spacial score (nSPS) is 19.8. The van der Waals surface area contributed by atoms with E-state index in [1.807, 2.05) is 25.1 Å². The molecule has 1 fully saturated rings. The summed E-state index contributed by atoms with van der Waals surface area (Å²) in [4.78, 5) is 12.2. The van der Waals surface area contributed by atoms with Crippen molar-refractivity contribution in [2.75, 3.05) is 0 Å². The van der Waals surface area contributed by atoms with Gasteiger partial charge in [0.1, 0.15) is 0 Å². The fourth-order valence-corrected chi connectivity index (χ4v) is 3.04. The van der Waals surface area contributed by atoms with Gasteiger partial charge < -0.3 is 0 Å². The molecule has 0 heterocycles. The largest absolute Gasteiger partial charge is 0.273 e. The lowest BCUT2D eigenvalue weighted by atomic mass is 10.1. The van der Waals surface area contributed by atoms with Crippen LogP contribution >= 0.6 is 0 Å². The molecule has 3 nitrogen and oxygen atoms in total. The van der Waals surface area contributed by atoms with E-state index in [9.17, 15) is 4.79 Å². The maximum Gasteiger partial charge on any atom is 0.243 e. The summed E-state index contributed by atoms with van der Waals surface area (Å²) in [5.74, 6) is 0.414. The summed E-state index contributed by atoms with van der Waals surface area (Å²) in [7, 11) is 0. The minimum absolute atomic E-state index is 0.0193. The van der Waals surface area contributed by atoms with E-state index < -0.39 is 0 Å². The van der Waals surface area contributed by atoms with Crippen LogP contribution < -0.4 is 5.43 Å². The molecule has 1 saturated carbocycles. The molecule has 0 bridgehead atoms. The Hall–Kier alpha value is -2.42. The Balaban J connectivity index is 1.56. The number of rotatable bonds is 6. The van der Waals surface area contributed by atoms with Crippen molar-refractivity contribution in [1.29, 1.82) is 0 Å². The smallest absolute Gasteiger partial charge is 0.243 e. The Labute approximate surface area is 143 Å². The van der Waals surface area contributed by atoms with Gasteiger partial charge in [0, 0.05) is 5.92 Å². The topological polar surface area (TPSA) is 41.5 Å². The molecule has 0 aromatic heterocycles. The first-order valence-corrected chi connectivity index (χ1v) is 8.67. The van der Waals surface area contributed by atoms with Crippen molar-refractivity contribution in [3.05, 3.63) is 71.3 Å². The molecule has 1 N–H and O–H groups in total. The zero-order chi connectivity index (χ0) is 16.9. The second kappa shape index (κ2) is 7.43. The molecule has 124 valence electrons. The van der Waals surface area contributed by atoms with Crippen molar-refractivity contribution in [2.24, 2.45) is 11.0 Å². The van der Waals surface area contributed by atoms with Crippen LogP contribution in [0, 0.1) is 5.92 Å². The summed E-state index contributed by atoms with van der Waals surface area (Å²) < 4.78 is 0. The van der Waals surface area contributed by atoms with Crippen molar-refractivity contribution in [2.45, 2.75) is 39.0 Å². The van der Waals surface area contributed by atoms with Crippen LogP contribution in [-0.4, -0.2) is 11.6 Å². The average molecular weight is 320 g/mol. The van der Waals surface area contributed by atoms with E-state index in [1.165, 1.54) is 11.1 Å². The van der Waals surface area contributed by atoms with Gasteiger partial charge in [0.2, 0.25) is 5.91 Å². The number of carbonyl (C=O) groups is 1.